The van der Waals surface area contributed by atoms with Crippen molar-refractivity contribution in [2.45, 2.75) is 33.6 Å². The van der Waals surface area contributed by atoms with Crippen LogP contribution < -0.4 is 5.32 Å². The lowest BCUT2D eigenvalue weighted by atomic mass is 9.96. The summed E-state index contributed by atoms with van der Waals surface area (Å²) in [4.78, 5) is 14.4. The maximum Gasteiger partial charge on any atom is 0.259 e. The Kier molecular flexibility index (Phi) is 4.58. The average Bonchev–Trinajstić information content (AvgIpc) is 2.76. The minimum absolute atomic E-state index is 0.0677. The van der Waals surface area contributed by atoms with E-state index in [9.17, 15) is 4.79 Å². The fraction of sp³-hybridized carbons (Fsp3) is 0.714. The SMILES string of the molecule is CCNCC1CCN(C(=O)c2c(C)noc2C)CC1. The summed E-state index contributed by atoms with van der Waals surface area (Å²) in [5.41, 5.74) is 1.34. The highest BCUT2D eigenvalue weighted by molar-refractivity contribution is 5.96. The normalized spacial score (nSPS) is 16.9. The lowest BCUT2D eigenvalue weighted by Gasteiger charge is -2.32. The summed E-state index contributed by atoms with van der Waals surface area (Å²) in [6, 6.07) is 0. The van der Waals surface area contributed by atoms with Gasteiger partial charge in [-0.3, -0.25) is 4.79 Å². The number of rotatable bonds is 4. The third-order valence-corrected chi connectivity index (χ3v) is 3.83. The first-order valence-electron chi connectivity index (χ1n) is 7.06. The van der Waals surface area contributed by atoms with Crippen LogP contribution in [0.15, 0.2) is 4.52 Å². The maximum absolute atomic E-state index is 12.4. The molecule has 1 fully saturated rings. The van der Waals surface area contributed by atoms with Crippen molar-refractivity contribution in [2.24, 2.45) is 5.92 Å². The first kappa shape index (κ1) is 14.1. The predicted octanol–water partition coefficient (Wildman–Crippen LogP) is 1.75. The zero-order chi connectivity index (χ0) is 13.8. The largest absolute Gasteiger partial charge is 0.361 e. The maximum atomic E-state index is 12.4. The van der Waals surface area contributed by atoms with E-state index in [0.717, 1.165) is 39.0 Å². The molecule has 1 aromatic rings. The number of hydrogen-bond donors (Lipinski definition) is 1. The molecule has 0 spiro atoms. The fourth-order valence-electron chi connectivity index (χ4n) is 2.64. The van der Waals surface area contributed by atoms with Crippen molar-refractivity contribution in [3.63, 3.8) is 0 Å². The van der Waals surface area contributed by atoms with E-state index in [4.69, 9.17) is 4.52 Å². The van der Waals surface area contributed by atoms with Gasteiger partial charge in [-0.2, -0.15) is 0 Å². The highest BCUT2D eigenvalue weighted by atomic mass is 16.5. The van der Waals surface area contributed by atoms with Crippen LogP contribution >= 0.6 is 0 Å². The summed E-state index contributed by atoms with van der Waals surface area (Å²) >= 11 is 0. The molecule has 0 aliphatic carbocycles. The standard InChI is InChI=1S/C14H23N3O2/c1-4-15-9-12-5-7-17(8-6-12)14(18)13-10(2)16-19-11(13)3/h12,15H,4-9H2,1-3H3. The number of aryl methyl sites for hydroxylation is 2. The van der Waals surface area contributed by atoms with Crippen LogP contribution in [-0.2, 0) is 0 Å². The second-order valence-electron chi connectivity index (χ2n) is 5.24. The number of nitrogens with zero attached hydrogens (tertiary/aromatic N) is 2. The molecule has 1 aliphatic heterocycles. The Morgan fingerprint density at radius 2 is 2.11 bits per heavy atom. The highest BCUT2D eigenvalue weighted by Crippen LogP contribution is 2.21. The molecule has 1 aliphatic rings. The molecule has 106 valence electrons. The van der Waals surface area contributed by atoms with Gasteiger partial charge in [-0.15, -0.1) is 0 Å². The van der Waals surface area contributed by atoms with Gasteiger partial charge in [-0.25, -0.2) is 0 Å². The van der Waals surface area contributed by atoms with Gasteiger partial charge in [0.05, 0.1) is 5.69 Å². The van der Waals surface area contributed by atoms with Crippen LogP contribution in [0.4, 0.5) is 0 Å². The van der Waals surface area contributed by atoms with Gasteiger partial charge in [-0.05, 0) is 45.7 Å². The molecule has 1 N–H and O–H groups in total. The fourth-order valence-corrected chi connectivity index (χ4v) is 2.64. The van der Waals surface area contributed by atoms with Gasteiger partial charge in [0.15, 0.2) is 0 Å². The van der Waals surface area contributed by atoms with Crippen molar-refractivity contribution in [3.05, 3.63) is 17.0 Å². The third-order valence-electron chi connectivity index (χ3n) is 3.83. The molecule has 0 aromatic carbocycles. The third kappa shape index (κ3) is 3.15. The van der Waals surface area contributed by atoms with Crippen LogP contribution in [-0.4, -0.2) is 42.1 Å². The van der Waals surface area contributed by atoms with Crippen molar-refractivity contribution in [1.29, 1.82) is 0 Å². The lowest BCUT2D eigenvalue weighted by molar-refractivity contribution is 0.0688. The summed E-state index contributed by atoms with van der Waals surface area (Å²) < 4.78 is 5.07. The van der Waals surface area contributed by atoms with Crippen LogP contribution in [0.25, 0.3) is 0 Å². The Hall–Kier alpha value is -1.36. The summed E-state index contributed by atoms with van der Waals surface area (Å²) in [6.45, 7) is 9.48. The lowest BCUT2D eigenvalue weighted by Crippen LogP contribution is -2.41. The molecule has 1 amide bonds. The van der Waals surface area contributed by atoms with E-state index in [-0.39, 0.29) is 5.91 Å². The molecule has 0 atom stereocenters. The number of likely N-dealkylation sites (tertiary alicyclic amines) is 1. The molecule has 0 unspecified atom stereocenters. The van der Waals surface area contributed by atoms with Crippen molar-refractivity contribution < 1.29 is 9.32 Å². The Morgan fingerprint density at radius 1 is 1.42 bits per heavy atom. The number of nitrogens with one attached hydrogen (secondary N) is 1. The van der Waals surface area contributed by atoms with Gasteiger partial charge < -0.3 is 14.7 Å². The van der Waals surface area contributed by atoms with E-state index in [1.54, 1.807) is 6.92 Å². The minimum Gasteiger partial charge on any atom is -0.361 e. The quantitative estimate of drug-likeness (QED) is 0.901. The summed E-state index contributed by atoms with van der Waals surface area (Å²) in [5.74, 6) is 1.38. The van der Waals surface area contributed by atoms with E-state index in [1.165, 1.54) is 0 Å². The number of carbonyl (C=O) groups excluding carboxylic acids is 1. The molecule has 2 rings (SSSR count). The first-order chi connectivity index (χ1) is 9.13. The molecule has 19 heavy (non-hydrogen) atoms. The average molecular weight is 265 g/mol. The number of aromatic nitrogens is 1. The Morgan fingerprint density at radius 3 is 2.63 bits per heavy atom. The number of hydrogen-bond acceptors (Lipinski definition) is 4. The van der Waals surface area contributed by atoms with Gasteiger partial charge in [-0.1, -0.05) is 12.1 Å². The van der Waals surface area contributed by atoms with Crippen molar-refractivity contribution in [1.82, 2.24) is 15.4 Å². The van der Waals surface area contributed by atoms with E-state index < -0.39 is 0 Å². The molecule has 0 bridgehead atoms. The summed E-state index contributed by atoms with van der Waals surface area (Å²) in [6.07, 6.45) is 2.14. The zero-order valence-electron chi connectivity index (χ0n) is 12.0. The number of amides is 1. The van der Waals surface area contributed by atoms with Crippen LogP contribution in [0.3, 0.4) is 0 Å². The van der Waals surface area contributed by atoms with Gasteiger partial charge in [0, 0.05) is 13.1 Å². The molecule has 1 aromatic heterocycles. The molecule has 2 heterocycles. The van der Waals surface area contributed by atoms with Gasteiger partial charge in [0.1, 0.15) is 11.3 Å². The Bertz CT molecular complexity index is 414. The van der Waals surface area contributed by atoms with Crippen LogP contribution in [0.2, 0.25) is 0 Å². The topological polar surface area (TPSA) is 58.4 Å². The monoisotopic (exact) mass is 265 g/mol. The molecule has 5 heteroatoms. The van der Waals surface area contributed by atoms with E-state index in [2.05, 4.69) is 17.4 Å². The van der Waals surface area contributed by atoms with Crippen LogP contribution in [0.5, 0.6) is 0 Å². The van der Waals surface area contributed by atoms with Crippen molar-refractivity contribution in [3.8, 4) is 0 Å². The van der Waals surface area contributed by atoms with Crippen molar-refractivity contribution in [2.75, 3.05) is 26.2 Å². The van der Waals surface area contributed by atoms with E-state index in [0.29, 0.717) is 22.9 Å². The zero-order valence-corrected chi connectivity index (χ0v) is 12.0. The van der Waals surface area contributed by atoms with Crippen molar-refractivity contribution >= 4 is 5.91 Å². The minimum atomic E-state index is 0.0677. The van der Waals surface area contributed by atoms with Crippen LogP contribution in [0.1, 0.15) is 41.6 Å². The number of piperidine rings is 1. The smallest absolute Gasteiger partial charge is 0.259 e. The van der Waals surface area contributed by atoms with E-state index in [1.807, 2.05) is 11.8 Å². The van der Waals surface area contributed by atoms with Crippen LogP contribution in [0, 0.1) is 19.8 Å². The highest BCUT2D eigenvalue weighted by Gasteiger charge is 2.27. The molecule has 0 saturated carbocycles. The van der Waals surface area contributed by atoms with Gasteiger partial charge in [0.25, 0.3) is 5.91 Å². The summed E-state index contributed by atoms with van der Waals surface area (Å²) in [7, 11) is 0. The second-order valence-corrected chi connectivity index (χ2v) is 5.24. The Labute approximate surface area is 114 Å². The second kappa shape index (κ2) is 6.19. The molecular weight excluding hydrogens is 242 g/mol. The molecule has 0 radical (unpaired) electrons. The first-order valence-corrected chi connectivity index (χ1v) is 7.06. The Balaban J connectivity index is 1.93. The predicted molar refractivity (Wildman–Crippen MR) is 73.1 cm³/mol. The number of carbonyl (C=O) groups is 1. The van der Waals surface area contributed by atoms with Gasteiger partial charge >= 0.3 is 0 Å². The van der Waals surface area contributed by atoms with Gasteiger partial charge in [0.2, 0.25) is 0 Å². The molecule has 1 saturated heterocycles. The van der Waals surface area contributed by atoms with E-state index >= 15 is 0 Å². The summed E-state index contributed by atoms with van der Waals surface area (Å²) in [5, 5.41) is 7.23. The molecular formula is C14H23N3O2. The molecule has 5 nitrogen and oxygen atoms in total.